The summed E-state index contributed by atoms with van der Waals surface area (Å²) in [5.41, 5.74) is 1.79. The van der Waals surface area contributed by atoms with Gasteiger partial charge in [0.2, 0.25) is 5.91 Å². The van der Waals surface area contributed by atoms with Crippen molar-refractivity contribution in [2.75, 3.05) is 13.1 Å². The number of carbonyl (C=O) groups is 1. The van der Waals surface area contributed by atoms with Gasteiger partial charge in [-0.25, -0.2) is 4.98 Å². The van der Waals surface area contributed by atoms with Crippen LogP contribution in [0, 0.1) is 0 Å². The van der Waals surface area contributed by atoms with Crippen LogP contribution in [0.15, 0.2) is 29.8 Å². The smallest absolute Gasteiger partial charge is 0.235 e. The standard InChI is InChI=1S/C16H20N4OS/c1-2-3-6-9-20-10-14(21)19-15(20)13-11-22-16(18-13)12-7-4-5-8-17-12/h4-5,7-8,11,15H,2-3,6,9-10H2,1H3,(H,19,21)/t15-/m1/s1. The van der Waals surface area contributed by atoms with Crippen LogP contribution >= 0.6 is 11.3 Å². The van der Waals surface area contributed by atoms with Crippen molar-refractivity contribution in [1.82, 2.24) is 20.2 Å². The van der Waals surface area contributed by atoms with E-state index in [0.29, 0.717) is 6.54 Å². The lowest BCUT2D eigenvalue weighted by molar-refractivity contribution is -0.118. The fourth-order valence-corrected chi connectivity index (χ4v) is 3.43. The number of hydrogen-bond donors (Lipinski definition) is 1. The molecule has 0 aliphatic carbocycles. The molecule has 3 rings (SSSR count). The maximum Gasteiger partial charge on any atom is 0.235 e. The molecule has 0 saturated carbocycles. The number of aromatic nitrogens is 2. The first-order valence-corrected chi connectivity index (χ1v) is 8.56. The molecule has 0 spiro atoms. The largest absolute Gasteiger partial charge is 0.334 e. The van der Waals surface area contributed by atoms with E-state index >= 15 is 0 Å². The van der Waals surface area contributed by atoms with Gasteiger partial charge < -0.3 is 5.32 Å². The Kier molecular flexibility index (Phi) is 4.80. The SMILES string of the molecule is CCCCCN1CC(=O)N[C@H]1c1csc(-c2ccccn2)n1. The molecule has 1 aliphatic heterocycles. The molecule has 1 saturated heterocycles. The average Bonchev–Trinajstić information content (AvgIpc) is 3.15. The molecule has 1 atom stereocenters. The molecule has 6 heteroatoms. The number of pyridine rings is 1. The van der Waals surface area contributed by atoms with Crippen molar-refractivity contribution in [1.29, 1.82) is 0 Å². The Morgan fingerprint density at radius 3 is 3.09 bits per heavy atom. The number of amides is 1. The van der Waals surface area contributed by atoms with Crippen molar-refractivity contribution in [2.45, 2.75) is 32.4 Å². The number of unbranched alkanes of at least 4 members (excludes halogenated alkanes) is 2. The van der Waals surface area contributed by atoms with E-state index in [0.717, 1.165) is 29.4 Å². The van der Waals surface area contributed by atoms with Gasteiger partial charge in [-0.2, -0.15) is 0 Å². The highest BCUT2D eigenvalue weighted by Gasteiger charge is 2.32. The minimum atomic E-state index is -0.0990. The molecule has 1 aliphatic rings. The van der Waals surface area contributed by atoms with E-state index in [1.807, 2.05) is 23.6 Å². The zero-order valence-corrected chi connectivity index (χ0v) is 13.5. The van der Waals surface area contributed by atoms with Crippen molar-refractivity contribution in [3.8, 4) is 10.7 Å². The molecule has 0 radical (unpaired) electrons. The van der Waals surface area contributed by atoms with E-state index in [1.54, 1.807) is 17.5 Å². The van der Waals surface area contributed by atoms with Crippen molar-refractivity contribution in [3.05, 3.63) is 35.5 Å². The predicted molar refractivity (Wildman–Crippen MR) is 87.3 cm³/mol. The van der Waals surface area contributed by atoms with Gasteiger partial charge in [0.05, 0.1) is 17.9 Å². The summed E-state index contributed by atoms with van der Waals surface area (Å²) in [5, 5.41) is 5.94. The molecule has 116 valence electrons. The Bertz CT molecular complexity index is 628. The zero-order valence-electron chi connectivity index (χ0n) is 12.7. The highest BCUT2D eigenvalue weighted by atomic mass is 32.1. The van der Waals surface area contributed by atoms with E-state index < -0.39 is 0 Å². The monoisotopic (exact) mass is 316 g/mol. The number of thiazole rings is 1. The lowest BCUT2D eigenvalue weighted by Gasteiger charge is -2.21. The Labute approximate surface area is 134 Å². The quantitative estimate of drug-likeness (QED) is 0.833. The molecule has 0 unspecified atom stereocenters. The van der Waals surface area contributed by atoms with Gasteiger partial charge in [0.25, 0.3) is 0 Å². The second-order valence-electron chi connectivity index (χ2n) is 5.44. The molecule has 3 heterocycles. The second-order valence-corrected chi connectivity index (χ2v) is 6.30. The van der Waals surface area contributed by atoms with Crippen molar-refractivity contribution < 1.29 is 4.79 Å². The number of hydrogen-bond acceptors (Lipinski definition) is 5. The Balaban J connectivity index is 1.75. The third-order valence-electron chi connectivity index (χ3n) is 3.74. The Morgan fingerprint density at radius 2 is 2.32 bits per heavy atom. The van der Waals surface area contributed by atoms with E-state index in [-0.39, 0.29) is 12.1 Å². The van der Waals surface area contributed by atoms with Crippen LogP contribution < -0.4 is 5.32 Å². The van der Waals surface area contributed by atoms with E-state index in [1.165, 1.54) is 12.8 Å². The first-order valence-electron chi connectivity index (χ1n) is 7.68. The molecular formula is C16H20N4OS. The molecular weight excluding hydrogens is 296 g/mol. The first-order chi connectivity index (χ1) is 10.8. The number of rotatable bonds is 6. The molecule has 1 amide bonds. The van der Waals surface area contributed by atoms with Crippen LogP contribution in [0.4, 0.5) is 0 Å². The fourth-order valence-electron chi connectivity index (χ4n) is 2.62. The summed E-state index contributed by atoms with van der Waals surface area (Å²) in [7, 11) is 0. The van der Waals surface area contributed by atoms with Crippen molar-refractivity contribution in [2.24, 2.45) is 0 Å². The summed E-state index contributed by atoms with van der Waals surface area (Å²) >= 11 is 1.57. The van der Waals surface area contributed by atoms with Crippen LogP contribution in [0.1, 0.15) is 38.0 Å². The van der Waals surface area contributed by atoms with Gasteiger partial charge in [-0.3, -0.25) is 14.7 Å². The van der Waals surface area contributed by atoms with Crippen LogP contribution in [0.3, 0.4) is 0 Å². The number of nitrogens with one attached hydrogen (secondary N) is 1. The maximum absolute atomic E-state index is 11.8. The summed E-state index contributed by atoms with van der Waals surface area (Å²) < 4.78 is 0. The summed E-state index contributed by atoms with van der Waals surface area (Å²) in [4.78, 5) is 22.9. The highest BCUT2D eigenvalue weighted by molar-refractivity contribution is 7.13. The van der Waals surface area contributed by atoms with E-state index in [9.17, 15) is 4.79 Å². The van der Waals surface area contributed by atoms with Gasteiger partial charge in [-0.05, 0) is 18.6 Å². The lowest BCUT2D eigenvalue weighted by atomic mass is 10.2. The first kappa shape index (κ1) is 15.1. The normalized spacial score (nSPS) is 18.6. The molecule has 0 aromatic carbocycles. The Morgan fingerprint density at radius 1 is 1.41 bits per heavy atom. The molecule has 0 bridgehead atoms. The van der Waals surface area contributed by atoms with E-state index in [4.69, 9.17) is 0 Å². The minimum Gasteiger partial charge on any atom is -0.334 e. The zero-order chi connectivity index (χ0) is 15.4. The van der Waals surface area contributed by atoms with Gasteiger partial charge in [-0.1, -0.05) is 25.8 Å². The maximum atomic E-state index is 11.8. The van der Waals surface area contributed by atoms with Gasteiger partial charge >= 0.3 is 0 Å². The molecule has 5 nitrogen and oxygen atoms in total. The predicted octanol–water partition coefficient (Wildman–Crippen LogP) is 2.83. The summed E-state index contributed by atoms with van der Waals surface area (Å²) in [6.07, 6.45) is 5.15. The molecule has 1 N–H and O–H groups in total. The molecule has 22 heavy (non-hydrogen) atoms. The van der Waals surface area contributed by atoms with Gasteiger partial charge in [0.15, 0.2) is 0 Å². The summed E-state index contributed by atoms with van der Waals surface area (Å²) in [6, 6.07) is 5.80. The van der Waals surface area contributed by atoms with Crippen LogP contribution in [0.5, 0.6) is 0 Å². The molecule has 1 fully saturated rings. The molecule has 2 aromatic rings. The van der Waals surface area contributed by atoms with Gasteiger partial charge in [-0.15, -0.1) is 11.3 Å². The fraction of sp³-hybridized carbons (Fsp3) is 0.438. The van der Waals surface area contributed by atoms with Crippen molar-refractivity contribution >= 4 is 17.2 Å². The highest BCUT2D eigenvalue weighted by Crippen LogP contribution is 2.28. The molecule has 2 aromatic heterocycles. The summed E-state index contributed by atoms with van der Waals surface area (Å²) in [6.45, 7) is 3.57. The number of nitrogens with zero attached hydrogens (tertiary/aromatic N) is 3. The second kappa shape index (κ2) is 6.98. The van der Waals surface area contributed by atoms with Crippen LogP contribution in [-0.4, -0.2) is 33.9 Å². The topological polar surface area (TPSA) is 58.1 Å². The third kappa shape index (κ3) is 3.34. The minimum absolute atomic E-state index is 0.0777. The van der Waals surface area contributed by atoms with Gasteiger partial charge in [0, 0.05) is 18.1 Å². The number of carbonyl (C=O) groups excluding carboxylic acids is 1. The lowest BCUT2D eigenvalue weighted by Crippen LogP contribution is -2.28. The average molecular weight is 316 g/mol. The summed E-state index contributed by atoms with van der Waals surface area (Å²) in [5.74, 6) is 0.0777. The van der Waals surface area contributed by atoms with Crippen LogP contribution in [0.25, 0.3) is 10.7 Å². The Hall–Kier alpha value is -1.79. The van der Waals surface area contributed by atoms with Gasteiger partial charge in [0.1, 0.15) is 11.2 Å². The van der Waals surface area contributed by atoms with Crippen molar-refractivity contribution in [3.63, 3.8) is 0 Å². The van der Waals surface area contributed by atoms with Crippen LogP contribution in [0.2, 0.25) is 0 Å². The van der Waals surface area contributed by atoms with E-state index in [2.05, 4.69) is 27.1 Å². The van der Waals surface area contributed by atoms with Crippen LogP contribution in [-0.2, 0) is 4.79 Å². The third-order valence-corrected chi connectivity index (χ3v) is 4.63.